The molecule has 0 bridgehead atoms. The van der Waals surface area contributed by atoms with Crippen molar-refractivity contribution in [2.24, 2.45) is 0 Å². The quantitative estimate of drug-likeness (QED) is 0.867. The molecule has 1 amide bonds. The lowest BCUT2D eigenvalue weighted by Crippen LogP contribution is -2.54. The number of carboxylic acids is 1. The first-order valence-corrected chi connectivity index (χ1v) is 7.30. The molecule has 2 N–H and O–H groups in total. The van der Waals surface area contributed by atoms with Gasteiger partial charge in [0.1, 0.15) is 0 Å². The van der Waals surface area contributed by atoms with E-state index in [1.807, 2.05) is 0 Å². The van der Waals surface area contributed by atoms with E-state index in [9.17, 15) is 14.7 Å². The van der Waals surface area contributed by atoms with Crippen LogP contribution >= 0.6 is 23.2 Å². The van der Waals surface area contributed by atoms with E-state index < -0.39 is 23.5 Å². The number of nitrogens with one attached hydrogen (secondary N) is 1. The van der Waals surface area contributed by atoms with Crippen LogP contribution in [0.2, 0.25) is 10.0 Å². The number of benzene rings is 1. The topological polar surface area (TPSA) is 84.9 Å². The highest BCUT2D eigenvalue weighted by molar-refractivity contribution is 6.42. The maximum atomic E-state index is 12.2. The van der Waals surface area contributed by atoms with Crippen LogP contribution in [-0.2, 0) is 24.6 Å². The Hall–Kier alpha value is -1.34. The van der Waals surface area contributed by atoms with E-state index in [0.717, 1.165) is 0 Å². The molecule has 1 aromatic rings. The predicted molar refractivity (Wildman–Crippen MR) is 80.2 cm³/mol. The molecule has 0 unspecified atom stereocenters. The first-order valence-electron chi connectivity index (χ1n) is 6.55. The van der Waals surface area contributed by atoms with Crippen molar-refractivity contribution < 1.29 is 24.2 Å². The summed E-state index contributed by atoms with van der Waals surface area (Å²) in [6.07, 6.45) is -0.838. The maximum absolute atomic E-state index is 12.2. The van der Waals surface area contributed by atoms with Gasteiger partial charge in [0, 0.05) is 0 Å². The molecule has 120 valence electrons. The third-order valence-electron chi connectivity index (χ3n) is 3.41. The average molecular weight is 348 g/mol. The molecule has 2 rings (SSSR count). The lowest BCUT2D eigenvalue weighted by molar-refractivity contribution is -0.156. The van der Waals surface area contributed by atoms with E-state index in [1.54, 1.807) is 0 Å². The number of hydrogen-bond acceptors (Lipinski definition) is 4. The zero-order valence-corrected chi connectivity index (χ0v) is 13.3. The fraction of sp³-hybridized carbons (Fsp3) is 0.429. The zero-order chi connectivity index (χ0) is 16.3. The maximum Gasteiger partial charge on any atom is 0.333 e. The first-order chi connectivity index (χ1) is 10.3. The van der Waals surface area contributed by atoms with Crippen LogP contribution in [0.5, 0.6) is 0 Å². The van der Waals surface area contributed by atoms with Crippen LogP contribution in [0.1, 0.15) is 12.5 Å². The number of ether oxygens (including phenoxy) is 2. The Kier molecular flexibility index (Phi) is 5.28. The molecule has 1 heterocycles. The number of rotatable bonds is 4. The number of carbonyl (C=O) groups excluding carboxylic acids is 1. The number of amides is 1. The monoisotopic (exact) mass is 347 g/mol. The van der Waals surface area contributed by atoms with Crippen molar-refractivity contribution in [2.45, 2.75) is 18.6 Å². The second-order valence-electron chi connectivity index (χ2n) is 4.98. The van der Waals surface area contributed by atoms with Gasteiger partial charge in [0.05, 0.1) is 29.9 Å². The largest absolute Gasteiger partial charge is 0.479 e. The van der Waals surface area contributed by atoms with Gasteiger partial charge < -0.3 is 19.9 Å². The number of carboxylic acid groups (broad SMARTS) is 1. The summed E-state index contributed by atoms with van der Waals surface area (Å²) < 4.78 is 10.4. The molecule has 0 aliphatic carbocycles. The normalized spacial score (nSPS) is 21.0. The van der Waals surface area contributed by atoms with Crippen LogP contribution in [-0.4, -0.2) is 42.9 Å². The van der Waals surface area contributed by atoms with Gasteiger partial charge in [-0.15, -0.1) is 0 Å². The predicted octanol–water partition coefficient (Wildman–Crippen LogP) is 1.82. The van der Waals surface area contributed by atoms with Gasteiger partial charge in [0.2, 0.25) is 0 Å². The van der Waals surface area contributed by atoms with Crippen molar-refractivity contribution in [3.63, 3.8) is 0 Å². The van der Waals surface area contributed by atoms with Gasteiger partial charge in [0.15, 0.2) is 11.6 Å². The van der Waals surface area contributed by atoms with E-state index in [2.05, 4.69) is 5.32 Å². The van der Waals surface area contributed by atoms with Crippen molar-refractivity contribution in [1.29, 1.82) is 0 Å². The molecule has 1 aliphatic rings. The fourth-order valence-electron chi connectivity index (χ4n) is 2.02. The summed E-state index contributed by atoms with van der Waals surface area (Å²) in [6.45, 7) is 2.15. The number of halogens is 2. The number of aliphatic carboxylic acids is 1. The molecule has 0 spiro atoms. The Labute approximate surface area is 137 Å². The average Bonchev–Trinajstić information content (AvgIpc) is 2.50. The second kappa shape index (κ2) is 6.83. The summed E-state index contributed by atoms with van der Waals surface area (Å²) in [6, 6.07) is 4.39. The summed E-state index contributed by atoms with van der Waals surface area (Å²) in [5.74, 6) is -1.79. The highest BCUT2D eigenvalue weighted by Crippen LogP contribution is 2.29. The molecule has 1 aliphatic heterocycles. The smallest absolute Gasteiger partial charge is 0.333 e. The first kappa shape index (κ1) is 17.0. The highest BCUT2D eigenvalue weighted by Gasteiger charge is 2.39. The van der Waals surface area contributed by atoms with E-state index in [0.29, 0.717) is 17.2 Å². The van der Waals surface area contributed by atoms with Crippen LogP contribution in [0, 0.1) is 0 Å². The van der Waals surface area contributed by atoms with Crippen molar-refractivity contribution >= 4 is 35.1 Å². The minimum absolute atomic E-state index is 0.0862. The minimum atomic E-state index is -1.66. The Morgan fingerprint density at radius 2 is 2.05 bits per heavy atom. The van der Waals surface area contributed by atoms with Gasteiger partial charge in [-0.05, 0) is 24.6 Å². The Morgan fingerprint density at radius 3 is 2.59 bits per heavy atom. The Bertz CT molecular complexity index is 589. The third kappa shape index (κ3) is 3.52. The third-order valence-corrected chi connectivity index (χ3v) is 4.15. The van der Waals surface area contributed by atoms with Crippen molar-refractivity contribution in [2.75, 3.05) is 19.8 Å². The van der Waals surface area contributed by atoms with Gasteiger partial charge in [-0.1, -0.05) is 29.3 Å². The molecule has 8 heteroatoms. The SMILES string of the molecule is C[C@](NC(=O)[C@@H]1COCCO1)(C(=O)O)c1ccc(Cl)c(Cl)c1. The second-order valence-corrected chi connectivity index (χ2v) is 5.80. The molecule has 0 radical (unpaired) electrons. The molecule has 22 heavy (non-hydrogen) atoms. The summed E-state index contributed by atoms with van der Waals surface area (Å²) >= 11 is 11.8. The Morgan fingerprint density at radius 1 is 1.32 bits per heavy atom. The van der Waals surface area contributed by atoms with Gasteiger partial charge in [-0.25, -0.2) is 4.79 Å². The summed E-state index contributed by atoms with van der Waals surface area (Å²) in [5.41, 5.74) is -1.36. The van der Waals surface area contributed by atoms with Crippen LogP contribution in [0.15, 0.2) is 18.2 Å². The molecule has 2 atom stereocenters. The van der Waals surface area contributed by atoms with Crippen LogP contribution in [0.3, 0.4) is 0 Å². The molecular weight excluding hydrogens is 333 g/mol. The highest BCUT2D eigenvalue weighted by atomic mass is 35.5. The van der Waals surface area contributed by atoms with Crippen molar-refractivity contribution in [1.82, 2.24) is 5.32 Å². The van der Waals surface area contributed by atoms with E-state index >= 15 is 0 Å². The fourth-order valence-corrected chi connectivity index (χ4v) is 2.32. The summed E-state index contributed by atoms with van der Waals surface area (Å²) in [5, 5.41) is 12.5. The number of hydrogen-bond donors (Lipinski definition) is 2. The van der Waals surface area contributed by atoms with Gasteiger partial charge in [-0.3, -0.25) is 4.79 Å². The van der Waals surface area contributed by atoms with Crippen molar-refractivity contribution in [3.8, 4) is 0 Å². The molecule has 0 aromatic heterocycles. The molecule has 1 aromatic carbocycles. The van der Waals surface area contributed by atoms with Gasteiger partial charge in [-0.2, -0.15) is 0 Å². The molecule has 1 saturated heterocycles. The van der Waals surface area contributed by atoms with E-state index in [4.69, 9.17) is 32.7 Å². The lowest BCUT2D eigenvalue weighted by atomic mass is 9.91. The van der Waals surface area contributed by atoms with Gasteiger partial charge in [0.25, 0.3) is 5.91 Å². The van der Waals surface area contributed by atoms with E-state index in [1.165, 1.54) is 25.1 Å². The lowest BCUT2D eigenvalue weighted by Gasteiger charge is -2.30. The molecule has 6 nitrogen and oxygen atoms in total. The van der Waals surface area contributed by atoms with Gasteiger partial charge >= 0.3 is 5.97 Å². The standard InChI is InChI=1S/C14H15Cl2NO5/c1-14(13(19)20,8-2-3-9(15)10(16)6-8)17-12(18)11-7-21-4-5-22-11/h2-3,6,11H,4-5,7H2,1H3,(H,17,18)(H,19,20)/t11-,14+/m0/s1. The van der Waals surface area contributed by atoms with Crippen LogP contribution < -0.4 is 5.32 Å². The van der Waals surface area contributed by atoms with E-state index in [-0.39, 0.29) is 18.2 Å². The Balaban J connectivity index is 2.25. The van der Waals surface area contributed by atoms with Crippen LogP contribution in [0.25, 0.3) is 0 Å². The zero-order valence-electron chi connectivity index (χ0n) is 11.8. The number of carbonyl (C=O) groups is 2. The molecule has 0 saturated carbocycles. The van der Waals surface area contributed by atoms with Crippen molar-refractivity contribution in [3.05, 3.63) is 33.8 Å². The minimum Gasteiger partial charge on any atom is -0.479 e. The summed E-state index contributed by atoms with van der Waals surface area (Å²) in [7, 11) is 0. The molecular formula is C14H15Cl2NO5. The summed E-state index contributed by atoms with van der Waals surface area (Å²) in [4.78, 5) is 23.9. The molecule has 1 fully saturated rings. The van der Waals surface area contributed by atoms with Crippen LogP contribution in [0.4, 0.5) is 0 Å².